The minimum Gasteiger partial charge on any atom is -0.383 e. The first kappa shape index (κ1) is 22.9. The van der Waals surface area contributed by atoms with Crippen LogP contribution in [0.1, 0.15) is 32.1 Å². The number of fused-ring (bicyclic) bond motifs is 1. The van der Waals surface area contributed by atoms with E-state index in [2.05, 4.69) is 15.6 Å². The summed E-state index contributed by atoms with van der Waals surface area (Å²) in [4.78, 5) is 16.3. The molecule has 5 atom stereocenters. The number of hydrazine groups is 1. The van der Waals surface area contributed by atoms with Gasteiger partial charge in [-0.2, -0.15) is 9.98 Å². The second kappa shape index (κ2) is 8.60. The van der Waals surface area contributed by atoms with Crippen molar-refractivity contribution in [2.24, 2.45) is 0 Å². The van der Waals surface area contributed by atoms with E-state index in [0.717, 1.165) is 11.8 Å². The number of urea groups is 1. The zero-order chi connectivity index (χ0) is 22.4. The second-order valence-corrected chi connectivity index (χ2v) is 11.5. The Morgan fingerprint density at radius 3 is 2.68 bits per heavy atom. The molecule has 2 aliphatic heterocycles. The summed E-state index contributed by atoms with van der Waals surface area (Å²) < 4.78 is 59.8. The van der Waals surface area contributed by atoms with Gasteiger partial charge in [-0.1, -0.05) is 11.8 Å². The minimum atomic E-state index is -3.77. The number of ether oxygens (including phenoxy) is 1. The fourth-order valence-corrected chi connectivity index (χ4v) is 7.43. The summed E-state index contributed by atoms with van der Waals surface area (Å²) >= 11 is 0.901. The molecular weight excluding hydrogens is 454 g/mol. The van der Waals surface area contributed by atoms with E-state index < -0.39 is 44.2 Å². The lowest BCUT2D eigenvalue weighted by Gasteiger charge is -2.37. The van der Waals surface area contributed by atoms with Crippen molar-refractivity contribution >= 4 is 27.8 Å². The molecular formula is C17H26F2N6O4S2. The molecule has 2 saturated heterocycles. The van der Waals surface area contributed by atoms with Gasteiger partial charge in [0.2, 0.25) is 10.0 Å². The highest BCUT2D eigenvalue weighted by Gasteiger charge is 2.55. The van der Waals surface area contributed by atoms with Crippen LogP contribution in [-0.4, -0.2) is 84.7 Å². The van der Waals surface area contributed by atoms with Gasteiger partial charge in [-0.15, -0.1) is 0 Å². The van der Waals surface area contributed by atoms with E-state index in [0.29, 0.717) is 38.8 Å². The van der Waals surface area contributed by atoms with Crippen LogP contribution in [0, 0.1) is 11.3 Å². The quantitative estimate of drug-likeness (QED) is 0.454. The number of nitrogens with one attached hydrogen (secondary N) is 3. The number of sulfonamides is 1. The van der Waals surface area contributed by atoms with E-state index in [-0.39, 0.29) is 18.5 Å². The van der Waals surface area contributed by atoms with Crippen molar-refractivity contribution in [2.75, 3.05) is 20.3 Å². The lowest BCUT2D eigenvalue weighted by molar-refractivity contribution is 0.127. The number of hydrogen-bond acceptors (Lipinski definition) is 8. The number of thioether (sulfide) groups is 1. The van der Waals surface area contributed by atoms with Crippen molar-refractivity contribution in [1.29, 1.82) is 5.26 Å². The highest BCUT2D eigenvalue weighted by atomic mass is 32.2. The van der Waals surface area contributed by atoms with E-state index in [1.807, 2.05) is 6.07 Å². The Kier molecular flexibility index (Phi) is 6.36. The lowest BCUT2D eigenvalue weighted by atomic mass is 9.90. The van der Waals surface area contributed by atoms with Crippen LogP contribution in [0.5, 0.6) is 0 Å². The number of halogens is 2. The summed E-state index contributed by atoms with van der Waals surface area (Å²) in [5.74, 6) is 0. The monoisotopic (exact) mass is 480 g/mol. The summed E-state index contributed by atoms with van der Waals surface area (Å²) in [5.41, 5.74) is 3.51. The van der Waals surface area contributed by atoms with Crippen LogP contribution in [0.25, 0.3) is 0 Å². The highest BCUT2D eigenvalue weighted by Crippen LogP contribution is 2.42. The molecule has 2 amide bonds. The molecule has 174 valence electrons. The predicted molar refractivity (Wildman–Crippen MR) is 108 cm³/mol. The number of nitrogens with zero attached hydrogens (tertiary/aromatic N) is 3. The molecule has 4 rings (SSSR count). The van der Waals surface area contributed by atoms with Crippen LogP contribution in [0.15, 0.2) is 0 Å². The zero-order valence-electron chi connectivity index (χ0n) is 17.0. The molecule has 4 fully saturated rings. The Morgan fingerprint density at radius 2 is 2.10 bits per heavy atom. The van der Waals surface area contributed by atoms with Gasteiger partial charge in [0.25, 0.3) is 6.43 Å². The summed E-state index contributed by atoms with van der Waals surface area (Å²) in [5, 5.41) is 7.32. The average molecular weight is 481 g/mol. The smallest absolute Gasteiger partial charge is 0.322 e. The maximum atomic E-state index is 13.2. The van der Waals surface area contributed by atoms with Crippen molar-refractivity contribution < 1.29 is 26.7 Å². The predicted octanol–water partition coefficient (Wildman–Crippen LogP) is 0.351. The van der Waals surface area contributed by atoms with Gasteiger partial charge < -0.3 is 9.64 Å². The maximum Gasteiger partial charge on any atom is 0.322 e. The number of rotatable bonds is 8. The van der Waals surface area contributed by atoms with Crippen LogP contribution in [0.3, 0.4) is 0 Å². The van der Waals surface area contributed by atoms with Crippen molar-refractivity contribution in [3.8, 4) is 6.07 Å². The Hall–Kier alpha value is -1.24. The second-order valence-electron chi connectivity index (χ2n) is 8.32. The van der Waals surface area contributed by atoms with Crippen LogP contribution in [-0.2, 0) is 14.8 Å². The number of amides is 2. The Balaban J connectivity index is 1.54. The van der Waals surface area contributed by atoms with Crippen LogP contribution >= 0.6 is 11.8 Å². The molecule has 0 bridgehead atoms. The lowest BCUT2D eigenvalue weighted by Crippen LogP contribution is -2.53. The first-order chi connectivity index (χ1) is 14.7. The van der Waals surface area contributed by atoms with Crippen molar-refractivity contribution in [3.05, 3.63) is 0 Å². The Bertz CT molecular complexity index is 852. The number of carbonyl (C=O) groups excluding carboxylic acids is 1. The molecule has 4 aliphatic rings. The number of hydrogen-bond donors (Lipinski definition) is 3. The molecule has 31 heavy (non-hydrogen) atoms. The summed E-state index contributed by atoms with van der Waals surface area (Å²) in [7, 11) is -2.24. The fourth-order valence-electron chi connectivity index (χ4n) is 4.53. The molecule has 14 heteroatoms. The van der Waals surface area contributed by atoms with Gasteiger partial charge >= 0.3 is 6.03 Å². The van der Waals surface area contributed by atoms with E-state index >= 15 is 0 Å². The first-order valence-corrected chi connectivity index (χ1v) is 12.7. The van der Waals surface area contributed by atoms with Gasteiger partial charge in [0, 0.05) is 13.7 Å². The van der Waals surface area contributed by atoms with E-state index in [4.69, 9.17) is 4.74 Å². The normalized spacial score (nSPS) is 34.8. The largest absolute Gasteiger partial charge is 0.383 e. The van der Waals surface area contributed by atoms with Gasteiger partial charge in [-0.25, -0.2) is 32.8 Å². The Morgan fingerprint density at radius 1 is 1.35 bits per heavy atom. The first-order valence-electron chi connectivity index (χ1n) is 10.2. The molecule has 3 N–H and O–H groups in total. The molecule has 10 nitrogen and oxygen atoms in total. The van der Waals surface area contributed by atoms with Gasteiger partial charge in [0.15, 0.2) is 0 Å². The van der Waals surface area contributed by atoms with Gasteiger partial charge in [-0.05, 0) is 32.1 Å². The van der Waals surface area contributed by atoms with Crippen molar-refractivity contribution in [1.82, 2.24) is 25.4 Å². The number of carbonyl (C=O) groups is 1. The third-order valence-electron chi connectivity index (χ3n) is 6.34. The Labute approximate surface area is 184 Å². The SMILES string of the molecule is COCCN1C(=O)N(C2NNC(C(F)F)S2)C2CC(S(=O)(=O)NC3(C#N)CC3)CCC21. The maximum absolute atomic E-state index is 13.2. The number of methoxy groups -OCH3 is 1. The van der Waals surface area contributed by atoms with Gasteiger partial charge in [0.1, 0.15) is 16.4 Å². The fraction of sp³-hybridized carbons (Fsp3) is 0.882. The van der Waals surface area contributed by atoms with Crippen LogP contribution in [0.4, 0.5) is 13.6 Å². The molecule has 0 aromatic carbocycles. The van der Waals surface area contributed by atoms with Crippen LogP contribution in [0.2, 0.25) is 0 Å². The van der Waals surface area contributed by atoms with E-state index in [9.17, 15) is 27.3 Å². The van der Waals surface area contributed by atoms with Gasteiger partial charge in [-0.3, -0.25) is 4.90 Å². The van der Waals surface area contributed by atoms with E-state index in [1.165, 1.54) is 12.0 Å². The molecule has 5 unspecified atom stereocenters. The third-order valence-corrected chi connectivity index (χ3v) is 9.54. The minimum absolute atomic E-state index is 0.175. The molecule has 2 aliphatic carbocycles. The number of nitriles is 1. The van der Waals surface area contributed by atoms with Crippen molar-refractivity contribution in [2.45, 2.75) is 72.3 Å². The summed E-state index contributed by atoms with van der Waals surface area (Å²) in [6.45, 7) is 0.656. The molecule has 0 aromatic rings. The standard InChI is InChI=1S/C17H26F2N6O4S2/c1-29-7-6-24-11-3-2-10(31(27,28)23-17(9-20)4-5-17)8-12(11)25(16(24)26)15-22-21-14(30-15)13(18)19/h10-15,21-23H,2-8H2,1H3. The van der Waals surface area contributed by atoms with Crippen molar-refractivity contribution in [3.63, 3.8) is 0 Å². The van der Waals surface area contributed by atoms with Crippen LogP contribution < -0.4 is 15.6 Å². The molecule has 2 heterocycles. The molecule has 0 radical (unpaired) electrons. The molecule has 0 spiro atoms. The summed E-state index contributed by atoms with van der Waals surface area (Å²) in [6, 6.07) is 1.02. The zero-order valence-corrected chi connectivity index (χ0v) is 18.6. The van der Waals surface area contributed by atoms with E-state index in [1.54, 1.807) is 4.90 Å². The molecule has 2 saturated carbocycles. The third kappa shape index (κ3) is 4.36. The summed E-state index contributed by atoms with van der Waals surface area (Å²) in [6.07, 6.45) is -0.656. The highest BCUT2D eigenvalue weighted by molar-refractivity contribution is 8.00. The number of alkyl halides is 2. The molecule has 0 aromatic heterocycles. The average Bonchev–Trinajstić information content (AvgIpc) is 3.20. The van der Waals surface area contributed by atoms with Gasteiger partial charge in [0.05, 0.1) is 30.0 Å². The topological polar surface area (TPSA) is 127 Å².